The molecule has 106 valence electrons. The van der Waals surface area contributed by atoms with E-state index in [0.29, 0.717) is 17.9 Å². The molecule has 0 aliphatic carbocycles. The number of halogens is 1. The molecular formula is C15H22FNO2. The summed E-state index contributed by atoms with van der Waals surface area (Å²) in [5.41, 5.74) is 1.55. The molecule has 0 aromatic heterocycles. The van der Waals surface area contributed by atoms with Crippen molar-refractivity contribution in [2.45, 2.75) is 39.7 Å². The predicted molar refractivity (Wildman–Crippen MR) is 73.7 cm³/mol. The summed E-state index contributed by atoms with van der Waals surface area (Å²) in [5.74, 6) is -0.583. The lowest BCUT2D eigenvalue weighted by atomic mass is 10.0. The molecule has 0 amide bonds. The Balaban J connectivity index is 2.69. The number of carboxylic acids is 1. The number of aliphatic carboxylic acids is 1. The van der Waals surface area contributed by atoms with E-state index >= 15 is 0 Å². The first-order valence-electron chi connectivity index (χ1n) is 6.58. The minimum atomic E-state index is -0.819. The molecule has 0 spiro atoms. The molecule has 1 atom stereocenters. The average Bonchev–Trinajstić information content (AvgIpc) is 2.30. The Hall–Kier alpha value is -1.42. The van der Waals surface area contributed by atoms with Crippen LogP contribution in [0.5, 0.6) is 0 Å². The second-order valence-electron chi connectivity index (χ2n) is 5.38. The molecule has 0 bridgehead atoms. The van der Waals surface area contributed by atoms with Crippen molar-refractivity contribution in [2.24, 2.45) is 5.92 Å². The molecule has 1 unspecified atom stereocenters. The van der Waals surface area contributed by atoms with E-state index in [0.717, 1.165) is 12.1 Å². The molecule has 0 aliphatic heterocycles. The van der Waals surface area contributed by atoms with Crippen LogP contribution in [0.1, 0.15) is 31.4 Å². The molecule has 1 aromatic carbocycles. The normalized spacial score (nSPS) is 12.7. The van der Waals surface area contributed by atoms with Gasteiger partial charge >= 0.3 is 5.97 Å². The van der Waals surface area contributed by atoms with Gasteiger partial charge < -0.3 is 10.4 Å². The molecule has 2 N–H and O–H groups in total. The quantitative estimate of drug-likeness (QED) is 0.798. The number of carbonyl (C=O) groups is 1. The van der Waals surface area contributed by atoms with Gasteiger partial charge in [-0.25, -0.2) is 4.39 Å². The van der Waals surface area contributed by atoms with Crippen LogP contribution in [0.4, 0.5) is 4.39 Å². The van der Waals surface area contributed by atoms with Gasteiger partial charge in [-0.1, -0.05) is 26.0 Å². The van der Waals surface area contributed by atoms with Crippen molar-refractivity contribution < 1.29 is 14.3 Å². The Morgan fingerprint density at radius 3 is 2.63 bits per heavy atom. The molecule has 0 aliphatic rings. The van der Waals surface area contributed by atoms with Crippen LogP contribution in [0.2, 0.25) is 0 Å². The maximum Gasteiger partial charge on any atom is 0.304 e. The lowest BCUT2D eigenvalue weighted by molar-refractivity contribution is -0.137. The van der Waals surface area contributed by atoms with Gasteiger partial charge in [0.2, 0.25) is 0 Å². The van der Waals surface area contributed by atoms with Gasteiger partial charge in [0.05, 0.1) is 6.42 Å². The van der Waals surface area contributed by atoms with Crippen molar-refractivity contribution in [1.82, 2.24) is 5.32 Å². The molecular weight excluding hydrogens is 245 g/mol. The highest BCUT2D eigenvalue weighted by Crippen LogP contribution is 2.12. The Labute approximate surface area is 113 Å². The van der Waals surface area contributed by atoms with Crippen molar-refractivity contribution in [1.29, 1.82) is 0 Å². The van der Waals surface area contributed by atoms with Crippen LogP contribution in [0.25, 0.3) is 0 Å². The van der Waals surface area contributed by atoms with Crippen LogP contribution in [0, 0.1) is 18.7 Å². The monoisotopic (exact) mass is 267 g/mol. The Kier molecular flexibility index (Phi) is 5.96. The summed E-state index contributed by atoms with van der Waals surface area (Å²) in [4.78, 5) is 10.9. The Bertz CT molecular complexity index is 432. The number of aryl methyl sites for hydroxylation is 1. The van der Waals surface area contributed by atoms with Gasteiger partial charge in [-0.15, -0.1) is 0 Å². The van der Waals surface area contributed by atoms with E-state index in [-0.39, 0.29) is 18.3 Å². The number of benzene rings is 1. The molecule has 0 fully saturated rings. The van der Waals surface area contributed by atoms with E-state index < -0.39 is 5.97 Å². The Morgan fingerprint density at radius 2 is 2.11 bits per heavy atom. The molecule has 0 saturated heterocycles. The summed E-state index contributed by atoms with van der Waals surface area (Å²) in [6.45, 7) is 6.64. The zero-order chi connectivity index (χ0) is 14.4. The minimum absolute atomic E-state index is 0.0726. The van der Waals surface area contributed by atoms with E-state index in [4.69, 9.17) is 5.11 Å². The minimum Gasteiger partial charge on any atom is -0.481 e. The van der Waals surface area contributed by atoms with Gasteiger partial charge in [0, 0.05) is 6.04 Å². The summed E-state index contributed by atoms with van der Waals surface area (Å²) < 4.78 is 13.2. The molecule has 19 heavy (non-hydrogen) atoms. The van der Waals surface area contributed by atoms with Crippen molar-refractivity contribution in [3.63, 3.8) is 0 Å². The SMILES string of the molecule is Cc1cc(CC(CC(=O)O)NCC(C)C)ccc1F. The van der Waals surface area contributed by atoms with Crippen molar-refractivity contribution in [3.8, 4) is 0 Å². The second kappa shape index (κ2) is 7.24. The largest absolute Gasteiger partial charge is 0.481 e. The number of nitrogens with one attached hydrogen (secondary N) is 1. The standard InChI is InChI=1S/C15H22FNO2/c1-10(2)9-17-13(8-15(18)19)7-12-4-5-14(16)11(3)6-12/h4-6,10,13,17H,7-9H2,1-3H3,(H,18,19). The number of rotatable bonds is 7. The molecule has 0 saturated carbocycles. The van der Waals surface area contributed by atoms with Gasteiger partial charge in [-0.2, -0.15) is 0 Å². The van der Waals surface area contributed by atoms with Crippen LogP contribution < -0.4 is 5.32 Å². The third-order valence-electron chi connectivity index (χ3n) is 2.94. The Morgan fingerprint density at radius 1 is 1.42 bits per heavy atom. The fourth-order valence-electron chi connectivity index (χ4n) is 1.95. The van der Waals surface area contributed by atoms with E-state index in [1.54, 1.807) is 19.1 Å². The topological polar surface area (TPSA) is 49.3 Å². The van der Waals surface area contributed by atoms with Crippen LogP contribution in [0.15, 0.2) is 18.2 Å². The molecule has 4 heteroatoms. The van der Waals surface area contributed by atoms with Crippen molar-refractivity contribution in [2.75, 3.05) is 6.54 Å². The lowest BCUT2D eigenvalue weighted by Crippen LogP contribution is -2.35. The van der Waals surface area contributed by atoms with Gasteiger partial charge in [-0.05, 0) is 43.0 Å². The van der Waals surface area contributed by atoms with E-state index in [1.807, 2.05) is 0 Å². The highest BCUT2D eigenvalue weighted by Gasteiger charge is 2.14. The fraction of sp³-hybridized carbons (Fsp3) is 0.533. The fourth-order valence-corrected chi connectivity index (χ4v) is 1.95. The maximum absolute atomic E-state index is 13.2. The number of carboxylic acid groups (broad SMARTS) is 1. The molecule has 0 radical (unpaired) electrons. The molecule has 0 heterocycles. The van der Waals surface area contributed by atoms with Gasteiger partial charge in [-0.3, -0.25) is 4.79 Å². The average molecular weight is 267 g/mol. The van der Waals surface area contributed by atoms with Gasteiger partial charge in [0.15, 0.2) is 0 Å². The first-order chi connectivity index (χ1) is 8.88. The number of hydrogen-bond acceptors (Lipinski definition) is 2. The zero-order valence-corrected chi connectivity index (χ0v) is 11.7. The summed E-state index contributed by atoms with van der Waals surface area (Å²) in [6, 6.07) is 4.81. The van der Waals surface area contributed by atoms with Gasteiger partial charge in [0.1, 0.15) is 5.82 Å². The maximum atomic E-state index is 13.2. The summed E-state index contributed by atoms with van der Waals surface area (Å²) in [5, 5.41) is 12.2. The first-order valence-corrected chi connectivity index (χ1v) is 6.58. The first kappa shape index (κ1) is 15.6. The van der Waals surface area contributed by atoms with Crippen molar-refractivity contribution >= 4 is 5.97 Å². The smallest absolute Gasteiger partial charge is 0.304 e. The third-order valence-corrected chi connectivity index (χ3v) is 2.94. The van der Waals surface area contributed by atoms with Crippen LogP contribution in [-0.2, 0) is 11.2 Å². The summed E-state index contributed by atoms with van der Waals surface area (Å²) >= 11 is 0. The van der Waals surface area contributed by atoms with E-state index in [2.05, 4.69) is 19.2 Å². The van der Waals surface area contributed by atoms with E-state index in [1.165, 1.54) is 6.07 Å². The van der Waals surface area contributed by atoms with Crippen molar-refractivity contribution in [3.05, 3.63) is 35.1 Å². The molecule has 3 nitrogen and oxygen atoms in total. The number of hydrogen-bond donors (Lipinski definition) is 2. The zero-order valence-electron chi connectivity index (χ0n) is 11.7. The predicted octanol–water partition coefficient (Wildman–Crippen LogP) is 2.77. The molecule has 1 rings (SSSR count). The third kappa shape index (κ3) is 5.83. The molecule has 1 aromatic rings. The highest BCUT2D eigenvalue weighted by atomic mass is 19.1. The summed E-state index contributed by atoms with van der Waals surface area (Å²) in [6.07, 6.45) is 0.670. The van der Waals surface area contributed by atoms with Gasteiger partial charge in [0.25, 0.3) is 0 Å². The van der Waals surface area contributed by atoms with Crippen LogP contribution in [-0.4, -0.2) is 23.7 Å². The lowest BCUT2D eigenvalue weighted by Gasteiger charge is -2.18. The summed E-state index contributed by atoms with van der Waals surface area (Å²) in [7, 11) is 0. The van der Waals surface area contributed by atoms with Crippen LogP contribution >= 0.6 is 0 Å². The van der Waals surface area contributed by atoms with Crippen LogP contribution in [0.3, 0.4) is 0 Å². The second-order valence-corrected chi connectivity index (χ2v) is 5.38. The highest BCUT2D eigenvalue weighted by molar-refractivity contribution is 5.67. The van der Waals surface area contributed by atoms with E-state index in [9.17, 15) is 9.18 Å².